The van der Waals surface area contributed by atoms with Crippen molar-refractivity contribution in [1.82, 2.24) is 19.7 Å². The third-order valence-electron chi connectivity index (χ3n) is 7.41. The van der Waals surface area contributed by atoms with Gasteiger partial charge in [0.2, 0.25) is 10.0 Å². The van der Waals surface area contributed by atoms with Gasteiger partial charge in [-0.2, -0.15) is 4.72 Å². The molecule has 0 aliphatic heterocycles. The summed E-state index contributed by atoms with van der Waals surface area (Å²) in [5, 5.41) is 13.9. The van der Waals surface area contributed by atoms with Gasteiger partial charge in [0.15, 0.2) is 0 Å². The van der Waals surface area contributed by atoms with Gasteiger partial charge in [-0.1, -0.05) is 29.8 Å². The normalized spacial score (nSPS) is 12.6. The predicted octanol–water partition coefficient (Wildman–Crippen LogP) is 4.61. The van der Waals surface area contributed by atoms with Crippen LogP contribution in [0, 0.1) is 34.6 Å². The van der Waals surface area contributed by atoms with Gasteiger partial charge in [0.1, 0.15) is 17.7 Å². The number of sulfonamides is 1. The number of anilines is 1. The molecule has 2 heterocycles. The highest BCUT2D eigenvalue weighted by atomic mass is 35.5. The highest BCUT2D eigenvalue weighted by molar-refractivity contribution is 7.89. The summed E-state index contributed by atoms with van der Waals surface area (Å²) in [5.41, 5.74) is 4.43. The Labute approximate surface area is 248 Å². The summed E-state index contributed by atoms with van der Waals surface area (Å²) in [6.07, 6.45) is 4.90. The zero-order chi connectivity index (χ0) is 30.8. The molecule has 0 saturated heterocycles. The van der Waals surface area contributed by atoms with Crippen LogP contribution in [-0.2, 0) is 21.2 Å². The number of nitrogens with zero attached hydrogens (tertiary/aromatic N) is 2. The molecule has 220 valence electrons. The Hall–Kier alpha value is -4.06. The van der Waals surface area contributed by atoms with Crippen LogP contribution in [0.3, 0.4) is 0 Å². The van der Waals surface area contributed by atoms with Crippen molar-refractivity contribution < 1.29 is 18.3 Å². The maximum Gasteiger partial charge on any atom is 0.322 e. The highest BCUT2D eigenvalue weighted by Gasteiger charge is 2.30. The molecule has 0 aliphatic rings. The van der Waals surface area contributed by atoms with Crippen LogP contribution in [0.5, 0.6) is 0 Å². The second kappa shape index (κ2) is 12.4. The first kappa shape index (κ1) is 30.9. The van der Waals surface area contributed by atoms with E-state index in [9.17, 15) is 23.1 Å². The van der Waals surface area contributed by atoms with Crippen LogP contribution >= 0.6 is 11.6 Å². The number of carbonyl (C=O) groups is 1. The SMILES string of the molecule is Cc1c(C)c(C)c(S(=O)(=O)N[C@@H](Cc2nc3ccc(C=CCNc4ccc(Cl)cn4)cc3c(=O)[nH]2)C(=O)O)c(C)c1C. The molecular formula is C30H32ClN5O5S. The Morgan fingerprint density at radius 2 is 1.71 bits per heavy atom. The average Bonchev–Trinajstić information content (AvgIpc) is 2.93. The van der Waals surface area contributed by atoms with E-state index in [0.717, 1.165) is 22.3 Å². The number of nitrogens with one attached hydrogen (secondary N) is 3. The molecule has 0 fully saturated rings. The summed E-state index contributed by atoms with van der Waals surface area (Å²) >= 11 is 5.84. The smallest absolute Gasteiger partial charge is 0.322 e. The number of carboxylic acid groups (broad SMARTS) is 1. The average molecular weight is 610 g/mol. The van der Waals surface area contributed by atoms with Gasteiger partial charge in [-0.3, -0.25) is 9.59 Å². The van der Waals surface area contributed by atoms with E-state index in [0.29, 0.717) is 39.4 Å². The fourth-order valence-corrected chi connectivity index (χ4v) is 6.63. The van der Waals surface area contributed by atoms with E-state index in [2.05, 4.69) is 25.0 Å². The van der Waals surface area contributed by atoms with E-state index in [1.165, 1.54) is 0 Å². The van der Waals surface area contributed by atoms with Crippen molar-refractivity contribution in [3.8, 4) is 0 Å². The molecule has 10 nitrogen and oxygen atoms in total. The summed E-state index contributed by atoms with van der Waals surface area (Å²) in [6, 6.07) is 7.06. The number of benzene rings is 2. The van der Waals surface area contributed by atoms with E-state index in [1.807, 2.05) is 32.9 Å². The summed E-state index contributed by atoms with van der Waals surface area (Å²) in [4.78, 5) is 36.3. The van der Waals surface area contributed by atoms with Crippen LogP contribution in [0.4, 0.5) is 5.82 Å². The fraction of sp³-hybridized carbons (Fsp3) is 0.267. The number of halogens is 1. The van der Waals surface area contributed by atoms with E-state index >= 15 is 0 Å². The number of aromatic amines is 1. The zero-order valence-corrected chi connectivity index (χ0v) is 25.4. The Morgan fingerprint density at radius 1 is 1.05 bits per heavy atom. The molecule has 42 heavy (non-hydrogen) atoms. The van der Waals surface area contributed by atoms with Crippen LogP contribution in [0.25, 0.3) is 17.0 Å². The number of carboxylic acids is 1. The third-order valence-corrected chi connectivity index (χ3v) is 9.38. The lowest BCUT2D eigenvalue weighted by Gasteiger charge is -2.21. The van der Waals surface area contributed by atoms with Crippen molar-refractivity contribution in [1.29, 1.82) is 0 Å². The number of aromatic nitrogens is 3. The molecular weight excluding hydrogens is 578 g/mol. The van der Waals surface area contributed by atoms with Gasteiger partial charge in [-0.05, 0) is 92.3 Å². The summed E-state index contributed by atoms with van der Waals surface area (Å²) < 4.78 is 29.2. The summed E-state index contributed by atoms with van der Waals surface area (Å²) in [6.45, 7) is 9.51. The Bertz CT molecular complexity index is 1840. The van der Waals surface area contributed by atoms with Crippen LogP contribution < -0.4 is 15.6 Å². The lowest BCUT2D eigenvalue weighted by molar-refractivity contribution is -0.139. The van der Waals surface area contributed by atoms with Crippen LogP contribution in [0.2, 0.25) is 5.02 Å². The van der Waals surface area contributed by atoms with Gasteiger partial charge < -0.3 is 15.4 Å². The predicted molar refractivity (Wildman–Crippen MR) is 165 cm³/mol. The first-order valence-electron chi connectivity index (χ1n) is 13.2. The van der Waals surface area contributed by atoms with E-state index in [4.69, 9.17) is 11.6 Å². The molecule has 4 N–H and O–H groups in total. The van der Waals surface area contributed by atoms with Gasteiger partial charge in [0, 0.05) is 19.2 Å². The molecule has 0 bridgehead atoms. The Balaban J connectivity index is 1.53. The highest BCUT2D eigenvalue weighted by Crippen LogP contribution is 2.29. The molecule has 4 rings (SSSR count). The molecule has 12 heteroatoms. The number of hydrogen-bond acceptors (Lipinski definition) is 7. The number of pyridine rings is 1. The van der Waals surface area contributed by atoms with Gasteiger partial charge in [-0.25, -0.2) is 18.4 Å². The number of hydrogen-bond donors (Lipinski definition) is 4. The molecule has 0 saturated carbocycles. The number of aliphatic carboxylic acids is 1. The molecule has 4 aromatic rings. The van der Waals surface area contributed by atoms with Crippen molar-refractivity contribution in [2.24, 2.45) is 0 Å². The minimum absolute atomic E-state index is 0.0512. The van der Waals surface area contributed by atoms with Crippen molar-refractivity contribution in [2.75, 3.05) is 11.9 Å². The molecule has 1 atom stereocenters. The van der Waals surface area contributed by atoms with Crippen LogP contribution in [-0.4, -0.2) is 47.0 Å². The number of fused-ring (bicyclic) bond motifs is 1. The summed E-state index contributed by atoms with van der Waals surface area (Å²) in [7, 11) is -4.21. The molecule has 0 unspecified atom stereocenters. The molecule has 0 spiro atoms. The standard InChI is InChI=1S/C30H32ClN5O5S/c1-16-17(2)19(4)28(20(5)18(16)3)42(40,41)36-25(30(38)39)14-27-34-24-10-8-21(13-23(24)29(37)35-27)7-6-12-32-26-11-9-22(31)15-33-26/h6-11,13,15,25,36H,12,14H2,1-5H3,(H,32,33)(H,38,39)(H,34,35,37)/t25-/m0/s1. The Morgan fingerprint density at radius 3 is 2.33 bits per heavy atom. The van der Waals surface area contributed by atoms with Gasteiger partial charge in [0.05, 0.1) is 20.8 Å². The molecule has 2 aromatic carbocycles. The van der Waals surface area contributed by atoms with Crippen LogP contribution in [0.15, 0.2) is 52.3 Å². The number of H-pyrrole nitrogens is 1. The van der Waals surface area contributed by atoms with E-state index < -0.39 is 27.6 Å². The maximum atomic E-state index is 13.4. The van der Waals surface area contributed by atoms with Crippen molar-refractivity contribution in [3.05, 3.63) is 97.2 Å². The zero-order valence-electron chi connectivity index (χ0n) is 23.9. The third kappa shape index (κ3) is 6.70. The molecule has 0 amide bonds. The second-order valence-corrected chi connectivity index (χ2v) is 12.2. The largest absolute Gasteiger partial charge is 0.480 e. The monoisotopic (exact) mass is 609 g/mol. The maximum absolute atomic E-state index is 13.4. The minimum atomic E-state index is -4.21. The van der Waals surface area contributed by atoms with Crippen molar-refractivity contribution in [3.63, 3.8) is 0 Å². The van der Waals surface area contributed by atoms with Crippen LogP contribution in [0.1, 0.15) is 39.2 Å². The van der Waals surface area contributed by atoms with E-state index in [-0.39, 0.29) is 17.1 Å². The molecule has 0 aliphatic carbocycles. The first-order chi connectivity index (χ1) is 19.8. The summed E-state index contributed by atoms with van der Waals surface area (Å²) in [5.74, 6) is -0.664. The lowest BCUT2D eigenvalue weighted by Crippen LogP contribution is -2.43. The quantitative estimate of drug-likeness (QED) is 0.203. The molecule has 2 aromatic heterocycles. The van der Waals surface area contributed by atoms with Crippen molar-refractivity contribution in [2.45, 2.75) is 52.0 Å². The fourth-order valence-electron chi connectivity index (χ4n) is 4.73. The van der Waals surface area contributed by atoms with Gasteiger partial charge >= 0.3 is 5.97 Å². The topological polar surface area (TPSA) is 154 Å². The second-order valence-electron chi connectivity index (χ2n) is 10.1. The lowest BCUT2D eigenvalue weighted by atomic mass is 9.95. The van der Waals surface area contributed by atoms with Gasteiger partial charge in [0.25, 0.3) is 5.56 Å². The van der Waals surface area contributed by atoms with E-state index in [1.54, 1.807) is 50.4 Å². The minimum Gasteiger partial charge on any atom is -0.480 e. The Kier molecular flexibility index (Phi) is 9.15. The number of rotatable bonds is 10. The van der Waals surface area contributed by atoms with Crippen molar-refractivity contribution >= 4 is 50.4 Å². The molecule has 0 radical (unpaired) electrons. The first-order valence-corrected chi connectivity index (χ1v) is 15.0. The van der Waals surface area contributed by atoms with Gasteiger partial charge in [-0.15, -0.1) is 0 Å².